The molecule has 0 aliphatic carbocycles. The van der Waals surface area contributed by atoms with Crippen molar-refractivity contribution < 1.29 is 91.3 Å². The van der Waals surface area contributed by atoms with Crippen LogP contribution in [0.4, 0.5) is 29.6 Å². The number of carbonyl (C=O) groups excluding carboxylic acids is 4. The number of rotatable bonds is 17. The van der Waals surface area contributed by atoms with Crippen LogP contribution in [-0.2, 0) is 74.4 Å². The maximum atomic E-state index is 12.9. The molecule has 486 valence electrons. The van der Waals surface area contributed by atoms with Gasteiger partial charge in [0.25, 0.3) is 15.6 Å². The summed E-state index contributed by atoms with van der Waals surface area (Å²) < 4.78 is 135. The van der Waals surface area contributed by atoms with E-state index < -0.39 is 97.9 Å². The first-order valence-corrected chi connectivity index (χ1v) is 31.6. The third-order valence-corrected chi connectivity index (χ3v) is 15.9. The number of anilines is 2. The normalized spacial score (nSPS) is 12.5. The van der Waals surface area contributed by atoms with E-state index in [1.165, 1.54) is 46.4 Å². The van der Waals surface area contributed by atoms with E-state index in [9.17, 15) is 67.2 Å². The molecule has 0 spiro atoms. The number of oxime groups is 1. The molecule has 36 heteroatoms. The van der Waals surface area contributed by atoms with Gasteiger partial charge in [-0.1, -0.05) is 95.1 Å². The fourth-order valence-corrected chi connectivity index (χ4v) is 10.8. The molecular formula is C55H55Cl2F3N10O18S3. The number of nitrogens with one attached hydrogen (secondary N) is 4. The molecule has 7 aromatic rings. The number of pyridine rings is 1. The number of methoxy groups -OCH3 is 3. The Morgan fingerprint density at radius 1 is 0.802 bits per heavy atom. The number of ketones is 1. The second-order valence-corrected chi connectivity index (χ2v) is 24.9. The van der Waals surface area contributed by atoms with E-state index >= 15 is 0 Å². The Hall–Kier alpha value is -9.48. The molecule has 1 aliphatic rings. The van der Waals surface area contributed by atoms with Crippen molar-refractivity contribution in [2.75, 3.05) is 51.5 Å². The molecule has 7 N–H and O–H groups in total. The van der Waals surface area contributed by atoms with Crippen molar-refractivity contribution in [2.24, 2.45) is 12.2 Å². The van der Waals surface area contributed by atoms with Crippen molar-refractivity contribution in [3.8, 4) is 11.8 Å². The van der Waals surface area contributed by atoms with Crippen LogP contribution in [0.15, 0.2) is 129 Å². The lowest BCUT2D eigenvalue weighted by Crippen LogP contribution is -2.35. The molecule has 0 unspecified atom stereocenters. The number of amides is 2. The molecule has 28 nitrogen and oxygen atoms in total. The second kappa shape index (κ2) is 30.4. The van der Waals surface area contributed by atoms with Gasteiger partial charge in [-0.15, -0.1) is 0 Å². The van der Waals surface area contributed by atoms with Crippen LogP contribution in [0.5, 0.6) is 11.8 Å². The number of carboxylic acid groups (broad SMARTS) is 1. The molecule has 0 atom stereocenters. The van der Waals surface area contributed by atoms with Crippen LogP contribution >= 0.6 is 23.2 Å². The van der Waals surface area contributed by atoms with Gasteiger partial charge in [0.1, 0.15) is 15.6 Å². The highest BCUT2D eigenvalue weighted by Crippen LogP contribution is 2.41. The molecule has 3 aromatic heterocycles. The lowest BCUT2D eigenvalue weighted by atomic mass is 9.82. The summed E-state index contributed by atoms with van der Waals surface area (Å²) in [5, 5.41) is 17.2. The smallest absolute Gasteiger partial charge is 0.416 e. The number of aromatic amines is 1. The van der Waals surface area contributed by atoms with Crippen LogP contribution in [0.25, 0.3) is 0 Å². The van der Waals surface area contributed by atoms with Crippen LogP contribution in [0, 0.1) is 6.92 Å². The van der Waals surface area contributed by atoms with Crippen LogP contribution in [0.1, 0.15) is 78.1 Å². The first-order valence-electron chi connectivity index (χ1n) is 25.6. The van der Waals surface area contributed by atoms with E-state index in [1.54, 1.807) is 11.6 Å². The third-order valence-electron chi connectivity index (χ3n) is 12.1. The van der Waals surface area contributed by atoms with E-state index in [-0.39, 0.29) is 68.2 Å². The number of ether oxygens (including phenoxy) is 4. The van der Waals surface area contributed by atoms with Gasteiger partial charge >= 0.3 is 30.1 Å². The molecule has 0 fully saturated rings. The van der Waals surface area contributed by atoms with Crippen molar-refractivity contribution in [3.05, 3.63) is 180 Å². The number of nitrogens with zero attached hydrogens (tertiary/aromatic N) is 5. The molecule has 8 rings (SSSR count). The first kappa shape index (κ1) is 72.3. The van der Waals surface area contributed by atoms with Crippen LogP contribution in [-0.4, -0.2) is 131 Å². The predicted octanol–water partition coefficient (Wildman–Crippen LogP) is 6.45. The highest BCUT2D eigenvalue weighted by molar-refractivity contribution is 7.91. The number of alkyl halides is 3. The average molecular weight is 1370 g/mol. The summed E-state index contributed by atoms with van der Waals surface area (Å²) in [5.41, 5.74) is 3.90. The molecule has 0 radical (unpaired) electrons. The van der Waals surface area contributed by atoms with Gasteiger partial charge in [-0.05, 0) is 55.8 Å². The van der Waals surface area contributed by atoms with Crippen molar-refractivity contribution in [3.63, 3.8) is 0 Å². The van der Waals surface area contributed by atoms with Gasteiger partial charge in [-0.2, -0.15) is 23.1 Å². The number of hydrogen-bond donors (Lipinski definition) is 6. The van der Waals surface area contributed by atoms with E-state index in [4.69, 9.17) is 53.1 Å². The largest absolute Gasteiger partial charge is 0.481 e. The lowest BCUT2D eigenvalue weighted by molar-refractivity contribution is -0.138. The molecule has 4 aromatic carbocycles. The third kappa shape index (κ3) is 19.0. The van der Waals surface area contributed by atoms with Crippen molar-refractivity contribution in [1.29, 1.82) is 0 Å². The number of aromatic carboxylic acids is 1. The molecule has 4 heterocycles. The quantitative estimate of drug-likeness (QED) is 0.0324. The molecule has 91 heavy (non-hydrogen) atoms. The maximum Gasteiger partial charge on any atom is 0.416 e. The Kier molecular flexibility index (Phi) is 24.1. The minimum absolute atomic E-state index is 0.00861. The van der Waals surface area contributed by atoms with E-state index in [2.05, 4.69) is 40.0 Å². The van der Waals surface area contributed by atoms with E-state index in [0.717, 1.165) is 47.4 Å². The number of aromatic nitrogens is 5. The molecule has 1 aliphatic heterocycles. The van der Waals surface area contributed by atoms with Crippen molar-refractivity contribution in [2.45, 2.75) is 48.4 Å². The zero-order chi connectivity index (χ0) is 68.0. The number of carbonyl (C=O) groups is 5. The number of benzene rings is 4. The molecule has 0 bridgehead atoms. The fraction of sp³-hybridized carbons (Fsp3) is 0.236. The average Bonchev–Trinajstić information content (AvgIpc) is 1.51. The predicted molar refractivity (Wildman–Crippen MR) is 322 cm³/mol. The zero-order valence-electron chi connectivity index (χ0n) is 48.8. The zero-order valence-corrected chi connectivity index (χ0v) is 52.8. The summed E-state index contributed by atoms with van der Waals surface area (Å²) in [6.45, 7) is 3.27. The number of hydrogen-bond acceptors (Lipinski definition) is 22. The standard InChI is InChI=1S/C18H17NO3.C17H21N5O9S2.C14H13F3N2O4S.C6H4Cl2N2O2/c1-2-21-17(20)16-13-18(22-19-16,14-9-5-3-6-10-14)15-11-7-4-8-12-15;1-29-13-8-14(30-2)20-16(19-13)21-17(24)22-33(27,28)12-7-10(9-18-32(4,25)26)5-6-11(12)15(23)31-3;1-7-11(13(21)19(2)18-7)12(20)9-5-4-8(14(15,16)17)6-10(9)24(3,22)23;7-3-1-2(9)4(8)5(10-3)6(11)12/h3-12H,2,13H2,1H3;5-8,18H,9H2,1-4H3,(H2,19,20,21,22,24);4-6,18H,1-3H3;1H,(H2,9,10)(H,11,12). The Bertz CT molecular complexity index is 4270. The van der Waals surface area contributed by atoms with Gasteiger partial charge in [0.2, 0.25) is 33.5 Å². The number of carboxylic acids is 1. The summed E-state index contributed by atoms with van der Waals surface area (Å²) in [6.07, 6.45) is -2.78. The Morgan fingerprint density at radius 3 is 1.86 bits per heavy atom. The van der Waals surface area contributed by atoms with Gasteiger partial charge in [0.15, 0.2) is 26.8 Å². The Labute approximate surface area is 526 Å². The number of aryl methyl sites for hydroxylation is 2. The Balaban J connectivity index is 0.000000231. The summed E-state index contributed by atoms with van der Waals surface area (Å²) in [7, 11) is -7.30. The number of sulfonamides is 2. The number of esters is 2. The monoisotopic (exact) mass is 1370 g/mol. The highest BCUT2D eigenvalue weighted by atomic mass is 35.5. The van der Waals surface area contributed by atoms with Crippen LogP contribution in [0.2, 0.25) is 10.2 Å². The number of nitrogen functional groups attached to an aromatic ring is 1. The highest BCUT2D eigenvalue weighted by Gasteiger charge is 2.45. The van der Waals surface area contributed by atoms with Gasteiger partial charge in [0, 0.05) is 42.2 Å². The van der Waals surface area contributed by atoms with Gasteiger partial charge in [-0.3, -0.25) is 24.7 Å². The molecule has 0 saturated carbocycles. The first-order chi connectivity index (χ1) is 42.5. The number of nitrogens with two attached hydrogens (primary N) is 1. The number of sulfone groups is 1. The fourth-order valence-electron chi connectivity index (χ4n) is 7.95. The minimum atomic E-state index is -4.76. The number of H-pyrrole nitrogens is 1. The van der Waals surface area contributed by atoms with Crippen LogP contribution in [0.3, 0.4) is 0 Å². The SMILES string of the molecule is CCOC(=O)C1=NOC(c2ccccc2)(c2ccccc2)C1.COC(=O)c1ccc(CNS(C)(=O)=O)cc1S(=O)(=O)NC(=O)Nc1nc(OC)cc(OC)n1.Cc1[nH]n(C)c(=O)c1C(=O)c1ccc(C(F)(F)F)cc1S(C)(=O)=O.Nc1cc(Cl)nc(C(=O)O)c1Cl. The number of halogens is 5. The second-order valence-electron chi connectivity index (χ2n) is 18.6. The number of urea groups is 1. The van der Waals surface area contributed by atoms with Gasteiger partial charge in [-0.25, -0.2) is 58.9 Å². The van der Waals surface area contributed by atoms with Crippen molar-refractivity contribution in [1.82, 2.24) is 34.2 Å². The maximum absolute atomic E-state index is 12.9. The van der Waals surface area contributed by atoms with Gasteiger partial charge in [0.05, 0.1) is 73.4 Å². The van der Waals surface area contributed by atoms with Gasteiger partial charge < -0.3 is 34.6 Å². The molecular weight excluding hydrogens is 1310 g/mol. The topological polar surface area (TPSA) is 405 Å². The summed E-state index contributed by atoms with van der Waals surface area (Å²) in [5.74, 6) is -3.86. The minimum Gasteiger partial charge on any atom is -0.481 e. The Morgan fingerprint density at radius 2 is 1.37 bits per heavy atom. The van der Waals surface area contributed by atoms with Crippen molar-refractivity contribution >= 4 is 100 Å². The molecule has 0 saturated heterocycles. The summed E-state index contributed by atoms with van der Waals surface area (Å²) >= 11 is 11.0. The molecule has 2 amide bonds. The van der Waals surface area contributed by atoms with Crippen LogP contribution < -0.4 is 35.5 Å². The summed E-state index contributed by atoms with van der Waals surface area (Å²) in [6, 6.07) is 26.3. The summed E-state index contributed by atoms with van der Waals surface area (Å²) in [4.78, 5) is 86.9. The van der Waals surface area contributed by atoms with E-state index in [1.807, 2.05) is 60.7 Å². The van der Waals surface area contributed by atoms with E-state index in [0.29, 0.717) is 37.1 Å². The lowest BCUT2D eigenvalue weighted by Gasteiger charge is -2.27.